The summed E-state index contributed by atoms with van der Waals surface area (Å²) in [5.74, 6) is -1.39. The van der Waals surface area contributed by atoms with Crippen LogP contribution >= 0.6 is 11.3 Å². The molecule has 158 valence electrons. The molecule has 0 fully saturated rings. The molecule has 9 nitrogen and oxygen atoms in total. The van der Waals surface area contributed by atoms with Crippen molar-refractivity contribution < 1.29 is 24.0 Å². The molecule has 0 unspecified atom stereocenters. The summed E-state index contributed by atoms with van der Waals surface area (Å²) in [6.07, 6.45) is 4.58. The maximum atomic E-state index is 12.9. The van der Waals surface area contributed by atoms with Gasteiger partial charge in [0.1, 0.15) is 10.8 Å². The fraction of sp³-hybridized carbons (Fsp3) is 0.350. The van der Waals surface area contributed by atoms with Crippen LogP contribution < -0.4 is 16.1 Å². The second-order valence-electron chi connectivity index (χ2n) is 6.81. The first-order chi connectivity index (χ1) is 14.4. The van der Waals surface area contributed by atoms with E-state index in [2.05, 4.69) is 25.9 Å². The topological polar surface area (TPSA) is 126 Å². The first-order valence-electron chi connectivity index (χ1n) is 9.43. The molecule has 2 aromatic heterocycles. The Morgan fingerprint density at radius 2 is 1.93 bits per heavy atom. The van der Waals surface area contributed by atoms with Gasteiger partial charge in [0.25, 0.3) is 11.8 Å². The third kappa shape index (κ3) is 5.08. The zero-order valence-corrected chi connectivity index (χ0v) is 17.5. The Morgan fingerprint density at radius 1 is 1.17 bits per heavy atom. The molecular formula is C20H22N4O5S. The van der Waals surface area contributed by atoms with Crippen molar-refractivity contribution in [2.24, 2.45) is 0 Å². The summed E-state index contributed by atoms with van der Waals surface area (Å²) < 4.78 is 0. The number of hydroxylamine groups is 1. The molecule has 2 aromatic rings. The molecule has 1 aliphatic rings. The molecule has 0 spiro atoms. The van der Waals surface area contributed by atoms with Crippen molar-refractivity contribution >= 4 is 45.7 Å². The fourth-order valence-corrected chi connectivity index (χ4v) is 4.63. The van der Waals surface area contributed by atoms with Gasteiger partial charge in [-0.1, -0.05) is 0 Å². The van der Waals surface area contributed by atoms with Crippen LogP contribution in [0.1, 0.15) is 57.3 Å². The molecule has 0 aliphatic heterocycles. The largest absolute Gasteiger partial charge is 0.313 e. The quantitative estimate of drug-likeness (QED) is 0.352. The zero-order valence-electron chi connectivity index (χ0n) is 16.7. The van der Waals surface area contributed by atoms with E-state index in [0.29, 0.717) is 10.6 Å². The molecule has 0 saturated carbocycles. The first kappa shape index (κ1) is 21.6. The Morgan fingerprint density at radius 3 is 2.67 bits per heavy atom. The van der Waals surface area contributed by atoms with Crippen LogP contribution in [0.2, 0.25) is 0 Å². The number of carbonyl (C=O) groups excluding carboxylic acids is 4. The highest BCUT2D eigenvalue weighted by atomic mass is 32.1. The van der Waals surface area contributed by atoms with E-state index >= 15 is 0 Å². The summed E-state index contributed by atoms with van der Waals surface area (Å²) >= 11 is 1.37. The van der Waals surface area contributed by atoms with Crippen molar-refractivity contribution in [3.63, 3.8) is 0 Å². The number of carbonyl (C=O) groups is 4. The molecule has 3 amide bonds. The van der Waals surface area contributed by atoms with Crippen molar-refractivity contribution in [2.45, 2.75) is 39.0 Å². The minimum Gasteiger partial charge on any atom is -0.313 e. The van der Waals surface area contributed by atoms with E-state index in [1.54, 1.807) is 0 Å². The number of nitrogens with one attached hydrogen (secondary N) is 3. The van der Waals surface area contributed by atoms with Gasteiger partial charge in [-0.05, 0) is 43.4 Å². The molecular weight excluding hydrogens is 408 g/mol. The van der Waals surface area contributed by atoms with Crippen molar-refractivity contribution in [1.29, 1.82) is 0 Å². The highest BCUT2D eigenvalue weighted by Gasteiger charge is 2.27. The van der Waals surface area contributed by atoms with Crippen LogP contribution in [0.25, 0.3) is 0 Å². The molecule has 0 saturated heterocycles. The molecule has 30 heavy (non-hydrogen) atoms. The Kier molecular flexibility index (Phi) is 6.91. The van der Waals surface area contributed by atoms with Crippen LogP contribution in [0, 0.1) is 0 Å². The number of aryl methyl sites for hydroxylation is 1. The molecule has 3 N–H and O–H groups in total. The third-order valence-corrected chi connectivity index (χ3v) is 5.75. The molecule has 3 rings (SSSR count). The second kappa shape index (κ2) is 9.59. The number of fused-ring (bicyclic) bond motifs is 1. The molecule has 0 atom stereocenters. The van der Waals surface area contributed by atoms with E-state index in [9.17, 15) is 19.2 Å². The van der Waals surface area contributed by atoms with Gasteiger partial charge in [-0.25, -0.2) is 10.5 Å². The number of thiophene rings is 1. The number of hydrogen-bond acceptors (Lipinski definition) is 7. The number of rotatable bonds is 7. The van der Waals surface area contributed by atoms with Gasteiger partial charge in [0.2, 0.25) is 5.91 Å². The van der Waals surface area contributed by atoms with Gasteiger partial charge in [0, 0.05) is 23.6 Å². The molecule has 10 heteroatoms. The average molecular weight is 430 g/mol. The summed E-state index contributed by atoms with van der Waals surface area (Å²) in [5, 5.41) is 5.77. The highest BCUT2D eigenvalue weighted by molar-refractivity contribution is 7.17. The summed E-state index contributed by atoms with van der Waals surface area (Å²) in [6.45, 7) is 1.35. The van der Waals surface area contributed by atoms with E-state index in [4.69, 9.17) is 0 Å². The van der Waals surface area contributed by atoms with Crippen LogP contribution in [0.5, 0.6) is 0 Å². The van der Waals surface area contributed by atoms with Gasteiger partial charge in [-0.3, -0.25) is 24.0 Å². The molecule has 0 aromatic carbocycles. The van der Waals surface area contributed by atoms with Crippen molar-refractivity contribution in [2.75, 3.05) is 17.7 Å². The SMILES string of the molecule is CONC(=O)CC(=O)c1c(NC(=O)c2ccnc(NC(C)=O)c2)sc2c1CCCC2. The van der Waals surface area contributed by atoms with Crippen LogP contribution in [-0.2, 0) is 27.3 Å². The van der Waals surface area contributed by atoms with Crippen LogP contribution in [0.4, 0.5) is 10.8 Å². The smallest absolute Gasteiger partial charge is 0.256 e. The van der Waals surface area contributed by atoms with Crippen molar-refractivity contribution in [1.82, 2.24) is 10.5 Å². The normalized spacial score (nSPS) is 12.6. The highest BCUT2D eigenvalue weighted by Crippen LogP contribution is 2.39. The number of anilines is 2. The molecule has 0 bridgehead atoms. The van der Waals surface area contributed by atoms with Crippen LogP contribution in [0.15, 0.2) is 18.3 Å². The monoisotopic (exact) mass is 430 g/mol. The lowest BCUT2D eigenvalue weighted by Crippen LogP contribution is -2.25. The minimum absolute atomic E-state index is 0.258. The second-order valence-corrected chi connectivity index (χ2v) is 7.91. The maximum Gasteiger partial charge on any atom is 0.256 e. The van der Waals surface area contributed by atoms with Gasteiger partial charge in [-0.2, -0.15) is 0 Å². The maximum absolute atomic E-state index is 12.9. The lowest BCUT2D eigenvalue weighted by molar-refractivity contribution is -0.130. The Hall–Kier alpha value is -3.11. The summed E-state index contributed by atoms with van der Waals surface area (Å²) in [7, 11) is 1.30. The summed E-state index contributed by atoms with van der Waals surface area (Å²) in [4.78, 5) is 58.3. The minimum atomic E-state index is -0.551. The van der Waals surface area contributed by atoms with Crippen molar-refractivity contribution in [3.8, 4) is 0 Å². The lowest BCUT2D eigenvalue weighted by Gasteiger charge is -2.12. The van der Waals surface area contributed by atoms with E-state index in [-0.39, 0.29) is 29.5 Å². The average Bonchev–Trinajstić information content (AvgIpc) is 3.05. The molecule has 2 heterocycles. The predicted octanol–water partition coefficient (Wildman–Crippen LogP) is 2.48. The molecule has 0 radical (unpaired) electrons. The number of hydrogen-bond donors (Lipinski definition) is 3. The zero-order chi connectivity index (χ0) is 21.7. The number of amides is 3. The van der Waals surface area contributed by atoms with Crippen LogP contribution in [-0.4, -0.2) is 35.6 Å². The number of pyridine rings is 1. The van der Waals surface area contributed by atoms with E-state index in [1.165, 1.54) is 43.7 Å². The Balaban J connectivity index is 1.87. The van der Waals surface area contributed by atoms with Gasteiger partial charge >= 0.3 is 0 Å². The number of Topliss-reactive ketones (excluding diaryl/α,β-unsaturated/α-hetero) is 1. The van der Waals surface area contributed by atoms with Gasteiger partial charge in [0.15, 0.2) is 5.78 Å². The number of nitrogens with zero attached hydrogens (tertiary/aromatic N) is 1. The predicted molar refractivity (Wildman–Crippen MR) is 112 cm³/mol. The Labute approximate surface area is 177 Å². The Bertz CT molecular complexity index is 1000. The van der Waals surface area contributed by atoms with E-state index < -0.39 is 11.8 Å². The van der Waals surface area contributed by atoms with Gasteiger partial charge < -0.3 is 10.6 Å². The van der Waals surface area contributed by atoms with Crippen molar-refractivity contribution in [3.05, 3.63) is 39.9 Å². The fourth-order valence-electron chi connectivity index (χ4n) is 3.33. The standard InChI is InChI=1S/C20H22N4O5S/c1-11(25)22-16-9-12(7-8-21-16)19(28)23-20-18(14(26)10-17(27)24-29-2)13-5-3-4-6-15(13)30-20/h7-9H,3-6,10H2,1-2H3,(H,23,28)(H,24,27)(H,21,22,25). The lowest BCUT2D eigenvalue weighted by atomic mass is 9.93. The van der Waals surface area contributed by atoms with Gasteiger partial charge in [-0.15, -0.1) is 11.3 Å². The summed E-state index contributed by atoms with van der Waals surface area (Å²) in [5.41, 5.74) is 3.73. The van der Waals surface area contributed by atoms with Crippen LogP contribution in [0.3, 0.4) is 0 Å². The third-order valence-electron chi connectivity index (χ3n) is 4.54. The van der Waals surface area contributed by atoms with E-state index in [1.807, 2.05) is 0 Å². The molecule has 1 aliphatic carbocycles. The van der Waals surface area contributed by atoms with E-state index in [0.717, 1.165) is 36.1 Å². The first-order valence-corrected chi connectivity index (χ1v) is 10.2. The summed E-state index contributed by atoms with van der Waals surface area (Å²) in [6, 6.07) is 2.97. The number of ketones is 1. The number of aromatic nitrogens is 1. The van der Waals surface area contributed by atoms with Gasteiger partial charge in [0.05, 0.1) is 19.1 Å².